The fraction of sp³-hybridized carbons (Fsp3) is 0.562. The third-order valence-electron chi connectivity index (χ3n) is 3.04. The molecule has 5 heteroatoms. The minimum Gasteiger partial charge on any atom is -0.412 e. The van der Waals surface area contributed by atoms with E-state index in [1.54, 1.807) is 0 Å². The highest BCUT2D eigenvalue weighted by atomic mass is 16.7. The predicted octanol–water partition coefficient (Wildman–Crippen LogP) is 2.44. The molecule has 1 fully saturated rings. The van der Waals surface area contributed by atoms with Crippen molar-refractivity contribution in [2.75, 3.05) is 18.8 Å². The van der Waals surface area contributed by atoms with Crippen LogP contribution in [-0.2, 0) is 15.0 Å². The number of nitrogens with two attached hydrogens (primary N) is 1. The number of hydrogen-bond donors (Lipinski definition) is 1. The van der Waals surface area contributed by atoms with Crippen LogP contribution in [0.5, 0.6) is 0 Å². The van der Waals surface area contributed by atoms with Gasteiger partial charge in [-0.25, -0.2) is 0 Å². The van der Waals surface area contributed by atoms with Crippen LogP contribution < -0.4 is 5.73 Å². The van der Waals surface area contributed by atoms with Crippen LogP contribution in [0.1, 0.15) is 42.6 Å². The normalized spacial score (nSPS) is 16.5. The standard InChI is InChI=1S/C14H20N2O2.2CH4.H2O.H2/c1-13(2,3)18-16-8-14(9-16,10-17)11-6-4-5-7-12(11)15;;;;/h4-7,10H,8-9,15H2,1-3H3;2*1H4;1H2;1H. The van der Waals surface area contributed by atoms with Crippen LogP contribution in [0.2, 0.25) is 0 Å². The smallest absolute Gasteiger partial charge is 0.133 e. The Morgan fingerprint density at radius 1 is 1.29 bits per heavy atom. The van der Waals surface area contributed by atoms with Gasteiger partial charge in [-0.15, -0.1) is 0 Å². The van der Waals surface area contributed by atoms with Crippen LogP contribution in [-0.4, -0.2) is 35.5 Å². The fourth-order valence-corrected chi connectivity index (χ4v) is 2.29. The third-order valence-corrected chi connectivity index (χ3v) is 3.04. The molecule has 5 nitrogen and oxygen atoms in total. The molecule has 2 rings (SSSR count). The number of para-hydroxylation sites is 1. The molecule has 0 aromatic heterocycles. The van der Waals surface area contributed by atoms with Gasteiger partial charge >= 0.3 is 0 Å². The first-order chi connectivity index (χ1) is 8.36. The summed E-state index contributed by atoms with van der Waals surface area (Å²) in [6.07, 6.45) is 0.987. The lowest BCUT2D eigenvalue weighted by molar-refractivity contribution is -0.276. The highest BCUT2D eigenvalue weighted by molar-refractivity contribution is 5.75. The zero-order chi connectivity index (χ0) is 13.4. The fourth-order valence-electron chi connectivity index (χ4n) is 2.29. The summed E-state index contributed by atoms with van der Waals surface area (Å²) in [6, 6.07) is 7.52. The molecule has 1 aliphatic heterocycles. The second-order valence-electron chi connectivity index (χ2n) is 5.86. The molecule has 124 valence electrons. The number of anilines is 1. The van der Waals surface area contributed by atoms with E-state index in [9.17, 15) is 4.79 Å². The van der Waals surface area contributed by atoms with Crippen LogP contribution in [0.3, 0.4) is 0 Å². The van der Waals surface area contributed by atoms with E-state index in [2.05, 4.69) is 0 Å². The van der Waals surface area contributed by atoms with E-state index in [4.69, 9.17) is 10.6 Å². The number of nitrogens with zero attached hydrogens (tertiary/aromatic N) is 1. The molecule has 0 amide bonds. The Kier molecular flexibility index (Phi) is 7.85. The van der Waals surface area contributed by atoms with Gasteiger partial charge < -0.3 is 16.0 Å². The monoisotopic (exact) mass is 300 g/mol. The molecule has 0 spiro atoms. The summed E-state index contributed by atoms with van der Waals surface area (Å²) in [7, 11) is 0. The molecule has 1 aromatic rings. The molecular weight excluding hydrogens is 268 g/mol. The molecule has 0 atom stereocenters. The average Bonchev–Trinajstić information content (AvgIpc) is 2.22. The first-order valence-electron chi connectivity index (χ1n) is 6.12. The Labute approximate surface area is 129 Å². The second-order valence-corrected chi connectivity index (χ2v) is 5.86. The summed E-state index contributed by atoms with van der Waals surface area (Å²) in [5.41, 5.74) is 6.75. The minimum absolute atomic E-state index is 0. The molecule has 0 aliphatic carbocycles. The molecule has 1 heterocycles. The van der Waals surface area contributed by atoms with Gasteiger partial charge in [0.15, 0.2) is 0 Å². The molecule has 1 aromatic carbocycles. The van der Waals surface area contributed by atoms with Crippen molar-refractivity contribution in [3.05, 3.63) is 29.8 Å². The van der Waals surface area contributed by atoms with Gasteiger partial charge in [-0.1, -0.05) is 33.1 Å². The quantitative estimate of drug-likeness (QED) is 0.686. The van der Waals surface area contributed by atoms with Gasteiger partial charge in [0.25, 0.3) is 0 Å². The van der Waals surface area contributed by atoms with Crippen molar-refractivity contribution in [1.82, 2.24) is 5.06 Å². The van der Waals surface area contributed by atoms with E-state index in [0.29, 0.717) is 18.8 Å². The van der Waals surface area contributed by atoms with E-state index < -0.39 is 5.41 Å². The number of hydrogen-bond acceptors (Lipinski definition) is 4. The highest BCUT2D eigenvalue weighted by Gasteiger charge is 2.47. The number of hydroxylamine groups is 2. The third kappa shape index (κ3) is 4.52. The Hall–Kier alpha value is -1.43. The van der Waals surface area contributed by atoms with Crippen molar-refractivity contribution < 1.29 is 16.5 Å². The lowest BCUT2D eigenvalue weighted by Gasteiger charge is -2.48. The van der Waals surface area contributed by atoms with Gasteiger partial charge in [0.2, 0.25) is 0 Å². The average molecular weight is 300 g/mol. The second kappa shape index (κ2) is 7.54. The topological polar surface area (TPSA) is 87.1 Å². The Morgan fingerprint density at radius 2 is 1.81 bits per heavy atom. The molecule has 0 bridgehead atoms. The van der Waals surface area contributed by atoms with Crippen LogP contribution in [0.25, 0.3) is 0 Å². The van der Waals surface area contributed by atoms with E-state index in [1.165, 1.54) is 0 Å². The number of carbonyl (C=O) groups excluding carboxylic acids is 1. The van der Waals surface area contributed by atoms with E-state index >= 15 is 0 Å². The molecule has 4 N–H and O–H groups in total. The minimum atomic E-state index is -0.517. The Balaban J connectivity index is -0.000000902. The molecule has 1 saturated heterocycles. The zero-order valence-corrected chi connectivity index (χ0v) is 11.6. The lowest BCUT2D eigenvalue weighted by atomic mass is 9.75. The summed E-state index contributed by atoms with van der Waals surface area (Å²) < 4.78 is 0. The van der Waals surface area contributed by atoms with Crippen molar-refractivity contribution in [3.8, 4) is 0 Å². The predicted molar refractivity (Wildman–Crippen MR) is 90.2 cm³/mol. The number of rotatable bonds is 3. The van der Waals surface area contributed by atoms with Crippen LogP contribution in [0.4, 0.5) is 5.69 Å². The maximum absolute atomic E-state index is 11.4. The molecule has 0 saturated carbocycles. The summed E-state index contributed by atoms with van der Waals surface area (Å²) >= 11 is 0. The van der Waals surface area contributed by atoms with Gasteiger partial charge in [-0.05, 0) is 32.4 Å². The summed E-state index contributed by atoms with van der Waals surface area (Å²) in [5.74, 6) is 0. The SMILES string of the molecule is C.C.CC(C)(C)ON1CC(C=O)(c2ccccc2N)C1.O.[HH]. The van der Waals surface area contributed by atoms with E-state index in [0.717, 1.165) is 11.8 Å². The lowest BCUT2D eigenvalue weighted by Crippen LogP contribution is -2.61. The Bertz CT molecular complexity index is 455. The van der Waals surface area contributed by atoms with Crippen LogP contribution >= 0.6 is 0 Å². The summed E-state index contributed by atoms with van der Waals surface area (Å²) in [6.45, 7) is 7.09. The van der Waals surface area contributed by atoms with Gasteiger partial charge in [-0.3, -0.25) is 4.84 Å². The number of nitrogen functional groups attached to an aromatic ring is 1. The van der Waals surface area contributed by atoms with E-state index in [1.807, 2.05) is 50.1 Å². The van der Waals surface area contributed by atoms with Crippen molar-refractivity contribution >= 4 is 12.0 Å². The molecule has 1 aliphatic rings. The zero-order valence-electron chi connectivity index (χ0n) is 11.6. The van der Waals surface area contributed by atoms with Gasteiger partial charge in [0.05, 0.1) is 11.0 Å². The molecule has 0 radical (unpaired) electrons. The van der Waals surface area contributed by atoms with Gasteiger partial charge in [0.1, 0.15) is 6.29 Å². The molecule has 0 unspecified atom stereocenters. The van der Waals surface area contributed by atoms with Gasteiger partial charge in [0, 0.05) is 20.2 Å². The summed E-state index contributed by atoms with van der Waals surface area (Å²) in [5, 5.41) is 1.82. The van der Waals surface area contributed by atoms with Crippen molar-refractivity contribution in [2.45, 2.75) is 46.6 Å². The van der Waals surface area contributed by atoms with Crippen molar-refractivity contribution in [2.24, 2.45) is 0 Å². The first kappa shape index (κ1) is 21.9. The number of aldehydes is 1. The van der Waals surface area contributed by atoms with Crippen molar-refractivity contribution in [3.63, 3.8) is 0 Å². The maximum Gasteiger partial charge on any atom is 0.133 e. The summed E-state index contributed by atoms with van der Waals surface area (Å²) in [4.78, 5) is 17.2. The van der Waals surface area contributed by atoms with Gasteiger partial charge in [-0.2, -0.15) is 5.06 Å². The first-order valence-corrected chi connectivity index (χ1v) is 6.12. The van der Waals surface area contributed by atoms with Crippen LogP contribution in [0.15, 0.2) is 24.3 Å². The molecule has 21 heavy (non-hydrogen) atoms. The van der Waals surface area contributed by atoms with Crippen molar-refractivity contribution in [1.29, 1.82) is 0 Å². The van der Waals surface area contributed by atoms with Crippen LogP contribution in [0, 0.1) is 0 Å². The Morgan fingerprint density at radius 3 is 2.24 bits per heavy atom. The maximum atomic E-state index is 11.4. The largest absolute Gasteiger partial charge is 0.412 e. The van der Waals surface area contributed by atoms with E-state index in [-0.39, 0.29) is 27.4 Å². The molecular formula is C16H32N2O3. The highest BCUT2D eigenvalue weighted by Crippen LogP contribution is 2.37. The number of carbonyl (C=O) groups is 1. The number of benzene rings is 1.